The SMILES string of the molecule is CC1(C)O[C@@H]2[C@@H](CSS[C@@H]2n2ccc(=O)[nH]c2=O)O1. The van der Waals surface area contributed by atoms with Crippen molar-refractivity contribution in [2.45, 2.75) is 37.2 Å². The van der Waals surface area contributed by atoms with Crippen LogP contribution in [0.1, 0.15) is 19.2 Å². The van der Waals surface area contributed by atoms with Crippen LogP contribution >= 0.6 is 21.6 Å². The second-order valence-electron chi connectivity index (χ2n) is 4.93. The highest BCUT2D eigenvalue weighted by Crippen LogP contribution is 2.49. The average molecular weight is 302 g/mol. The molecular formula is C11H14N2O4S2. The van der Waals surface area contributed by atoms with Crippen molar-refractivity contribution in [1.82, 2.24) is 9.55 Å². The summed E-state index contributed by atoms with van der Waals surface area (Å²) in [6.45, 7) is 3.74. The standard InChI is InChI=1S/C11H14N2O4S2/c1-11(2)16-6-5-18-19-9(8(6)17-11)13-4-3-7(14)12-10(13)15/h3-4,6,8-9H,5H2,1-2H3,(H,12,14,15)/t6-,8-,9+/m1/s1. The molecule has 0 saturated carbocycles. The fourth-order valence-corrected chi connectivity index (χ4v) is 5.17. The van der Waals surface area contributed by atoms with Crippen LogP contribution in [-0.4, -0.2) is 33.3 Å². The predicted molar refractivity (Wildman–Crippen MR) is 74.2 cm³/mol. The third kappa shape index (κ3) is 2.49. The van der Waals surface area contributed by atoms with Gasteiger partial charge in [0.25, 0.3) is 5.56 Å². The summed E-state index contributed by atoms with van der Waals surface area (Å²) < 4.78 is 13.2. The summed E-state index contributed by atoms with van der Waals surface area (Å²) in [4.78, 5) is 25.3. The first-order valence-corrected chi connectivity index (χ1v) is 8.30. The Balaban J connectivity index is 1.96. The average Bonchev–Trinajstić information content (AvgIpc) is 2.63. The third-order valence-electron chi connectivity index (χ3n) is 3.03. The van der Waals surface area contributed by atoms with Gasteiger partial charge in [0, 0.05) is 18.0 Å². The van der Waals surface area contributed by atoms with E-state index in [1.54, 1.807) is 21.6 Å². The Labute approximate surface area is 117 Å². The molecule has 0 aliphatic carbocycles. The lowest BCUT2D eigenvalue weighted by Crippen LogP contribution is -2.41. The van der Waals surface area contributed by atoms with E-state index in [1.807, 2.05) is 13.8 Å². The van der Waals surface area contributed by atoms with E-state index in [1.165, 1.54) is 16.8 Å². The first kappa shape index (κ1) is 13.3. The van der Waals surface area contributed by atoms with Gasteiger partial charge < -0.3 is 9.47 Å². The van der Waals surface area contributed by atoms with Gasteiger partial charge in [-0.25, -0.2) is 4.79 Å². The summed E-state index contributed by atoms with van der Waals surface area (Å²) in [5.74, 6) is 0.193. The van der Waals surface area contributed by atoms with E-state index in [2.05, 4.69) is 4.98 Å². The van der Waals surface area contributed by atoms with Gasteiger partial charge in [0.15, 0.2) is 5.79 Å². The van der Waals surface area contributed by atoms with Gasteiger partial charge in [-0.1, -0.05) is 21.6 Å². The Hall–Kier alpha value is -0.700. The Morgan fingerprint density at radius 3 is 2.95 bits per heavy atom. The molecule has 2 aliphatic rings. The highest BCUT2D eigenvalue weighted by molar-refractivity contribution is 8.76. The topological polar surface area (TPSA) is 73.3 Å². The second kappa shape index (κ2) is 4.69. The lowest BCUT2D eigenvalue weighted by atomic mass is 10.2. The lowest BCUT2D eigenvalue weighted by Gasteiger charge is -2.30. The van der Waals surface area contributed by atoms with Crippen molar-refractivity contribution in [3.63, 3.8) is 0 Å². The lowest BCUT2D eigenvalue weighted by molar-refractivity contribution is -0.145. The molecule has 19 heavy (non-hydrogen) atoms. The summed E-state index contributed by atoms with van der Waals surface area (Å²) in [6, 6.07) is 1.34. The molecule has 1 aromatic heterocycles. The Kier molecular flexibility index (Phi) is 3.28. The van der Waals surface area contributed by atoms with Crippen molar-refractivity contribution < 1.29 is 9.47 Å². The molecule has 2 aliphatic heterocycles. The van der Waals surface area contributed by atoms with Gasteiger partial charge in [-0.2, -0.15) is 0 Å². The Morgan fingerprint density at radius 1 is 1.42 bits per heavy atom. The molecule has 2 fully saturated rings. The molecule has 0 bridgehead atoms. The van der Waals surface area contributed by atoms with Gasteiger partial charge >= 0.3 is 5.69 Å². The molecule has 2 saturated heterocycles. The van der Waals surface area contributed by atoms with Crippen molar-refractivity contribution >= 4 is 21.6 Å². The summed E-state index contributed by atoms with van der Waals surface area (Å²) in [5, 5.41) is -0.199. The van der Waals surface area contributed by atoms with Crippen LogP contribution in [-0.2, 0) is 9.47 Å². The second-order valence-corrected chi connectivity index (χ2v) is 7.46. The summed E-state index contributed by atoms with van der Waals surface area (Å²) in [5.41, 5.74) is -0.810. The van der Waals surface area contributed by atoms with Gasteiger partial charge in [0.1, 0.15) is 11.5 Å². The number of nitrogens with one attached hydrogen (secondary N) is 1. The number of rotatable bonds is 1. The number of hydrogen-bond acceptors (Lipinski definition) is 6. The van der Waals surface area contributed by atoms with Crippen LogP contribution in [0, 0.1) is 0 Å². The first-order valence-electron chi connectivity index (χ1n) is 5.92. The zero-order valence-electron chi connectivity index (χ0n) is 10.5. The first-order chi connectivity index (χ1) is 8.96. The van der Waals surface area contributed by atoms with Crippen LogP contribution < -0.4 is 11.2 Å². The number of aromatic nitrogens is 2. The number of H-pyrrole nitrogens is 1. The molecule has 0 amide bonds. The van der Waals surface area contributed by atoms with Gasteiger partial charge in [-0.15, -0.1) is 0 Å². The molecule has 3 rings (SSSR count). The number of nitrogens with zero attached hydrogens (tertiary/aromatic N) is 1. The van der Waals surface area contributed by atoms with Crippen molar-refractivity contribution in [2.75, 3.05) is 5.75 Å². The largest absolute Gasteiger partial charge is 0.344 e. The molecule has 3 heterocycles. The van der Waals surface area contributed by atoms with E-state index < -0.39 is 17.0 Å². The number of ether oxygens (including phenoxy) is 2. The molecule has 8 heteroatoms. The van der Waals surface area contributed by atoms with Crippen molar-refractivity contribution in [2.24, 2.45) is 0 Å². The third-order valence-corrected chi connectivity index (χ3v) is 5.73. The van der Waals surface area contributed by atoms with E-state index in [0.717, 1.165) is 5.75 Å². The van der Waals surface area contributed by atoms with E-state index >= 15 is 0 Å². The van der Waals surface area contributed by atoms with Crippen LogP contribution in [0.15, 0.2) is 21.9 Å². The normalized spacial score (nSPS) is 33.1. The number of aromatic amines is 1. The minimum absolute atomic E-state index is 0.0370. The summed E-state index contributed by atoms with van der Waals surface area (Å²) >= 11 is 0. The van der Waals surface area contributed by atoms with Crippen molar-refractivity contribution in [1.29, 1.82) is 0 Å². The van der Waals surface area contributed by atoms with Gasteiger partial charge in [0.2, 0.25) is 0 Å². The molecule has 0 radical (unpaired) electrons. The maximum Gasteiger partial charge on any atom is 0.329 e. The van der Waals surface area contributed by atoms with Gasteiger partial charge in [-0.3, -0.25) is 14.3 Å². The van der Waals surface area contributed by atoms with Crippen LogP contribution in [0.25, 0.3) is 0 Å². The molecule has 6 nitrogen and oxygen atoms in total. The van der Waals surface area contributed by atoms with E-state index in [4.69, 9.17) is 9.47 Å². The molecular weight excluding hydrogens is 288 g/mol. The Morgan fingerprint density at radius 2 is 2.21 bits per heavy atom. The highest BCUT2D eigenvalue weighted by atomic mass is 33.1. The van der Waals surface area contributed by atoms with Crippen LogP contribution in [0.4, 0.5) is 0 Å². The van der Waals surface area contributed by atoms with Crippen molar-refractivity contribution in [3.05, 3.63) is 33.1 Å². The predicted octanol–water partition coefficient (Wildman–Crippen LogP) is 0.950. The molecule has 104 valence electrons. The highest BCUT2D eigenvalue weighted by Gasteiger charge is 2.48. The maximum absolute atomic E-state index is 11.9. The van der Waals surface area contributed by atoms with Gasteiger partial charge in [-0.05, 0) is 13.8 Å². The summed E-state index contributed by atoms with van der Waals surface area (Å²) in [6.07, 6.45) is 1.28. The van der Waals surface area contributed by atoms with E-state index in [9.17, 15) is 9.59 Å². The fourth-order valence-electron chi connectivity index (χ4n) is 2.30. The molecule has 0 spiro atoms. The van der Waals surface area contributed by atoms with Crippen LogP contribution in [0.2, 0.25) is 0 Å². The molecule has 1 aromatic rings. The quantitative estimate of drug-likeness (QED) is 0.779. The minimum atomic E-state index is -0.634. The zero-order chi connectivity index (χ0) is 13.6. The smallest absolute Gasteiger partial charge is 0.329 e. The van der Waals surface area contributed by atoms with E-state index in [0.29, 0.717) is 0 Å². The monoisotopic (exact) mass is 302 g/mol. The molecule has 0 aromatic carbocycles. The Bertz CT molecular complexity index is 597. The molecule has 1 N–H and O–H groups in total. The fraction of sp³-hybridized carbons (Fsp3) is 0.636. The van der Waals surface area contributed by atoms with Crippen molar-refractivity contribution in [3.8, 4) is 0 Å². The summed E-state index contributed by atoms with van der Waals surface area (Å²) in [7, 11) is 3.21. The molecule has 3 atom stereocenters. The number of hydrogen-bond donors (Lipinski definition) is 1. The number of fused-ring (bicyclic) bond motifs is 1. The molecule has 0 unspecified atom stereocenters. The maximum atomic E-state index is 11.9. The zero-order valence-corrected chi connectivity index (χ0v) is 12.1. The minimum Gasteiger partial charge on any atom is -0.344 e. The van der Waals surface area contributed by atoms with Crippen LogP contribution in [0.5, 0.6) is 0 Å². The van der Waals surface area contributed by atoms with Crippen LogP contribution in [0.3, 0.4) is 0 Å². The van der Waals surface area contributed by atoms with E-state index in [-0.39, 0.29) is 17.6 Å². The van der Waals surface area contributed by atoms with Gasteiger partial charge in [0.05, 0.1) is 6.10 Å².